The molecule has 4 nitrogen and oxygen atoms in total. The van der Waals surface area contributed by atoms with Crippen molar-refractivity contribution in [3.05, 3.63) is 52.5 Å². The van der Waals surface area contributed by atoms with Crippen LogP contribution in [-0.4, -0.2) is 24.1 Å². The maximum Gasteiger partial charge on any atom is 0.244 e. The van der Waals surface area contributed by atoms with Gasteiger partial charge in [0.2, 0.25) is 11.8 Å². The zero-order valence-corrected chi connectivity index (χ0v) is 16.4. The third-order valence-electron chi connectivity index (χ3n) is 4.45. The number of thioether (sulfide) groups is 1. The maximum atomic E-state index is 12.7. The summed E-state index contributed by atoms with van der Waals surface area (Å²) >= 11 is 7.81. The van der Waals surface area contributed by atoms with Gasteiger partial charge in [0.25, 0.3) is 0 Å². The normalized spacial score (nSPS) is 13.5. The summed E-state index contributed by atoms with van der Waals surface area (Å²) < 4.78 is 0. The van der Waals surface area contributed by atoms with E-state index in [9.17, 15) is 9.59 Å². The van der Waals surface area contributed by atoms with Crippen LogP contribution >= 0.6 is 23.4 Å². The predicted octanol–water partition coefficient (Wildman–Crippen LogP) is 4.54. The van der Waals surface area contributed by atoms with E-state index in [-0.39, 0.29) is 18.4 Å². The van der Waals surface area contributed by atoms with Gasteiger partial charge in [0.15, 0.2) is 0 Å². The molecular formula is C20H21ClN2O2S. The van der Waals surface area contributed by atoms with Gasteiger partial charge < -0.3 is 10.2 Å². The molecule has 0 radical (unpaired) electrons. The van der Waals surface area contributed by atoms with Gasteiger partial charge in [0.1, 0.15) is 6.54 Å². The first-order valence-electron chi connectivity index (χ1n) is 8.67. The number of halogens is 1. The summed E-state index contributed by atoms with van der Waals surface area (Å²) in [5.41, 5.74) is 3.54. The highest BCUT2D eigenvalue weighted by Gasteiger charge is 2.26. The van der Waals surface area contributed by atoms with E-state index in [0.717, 1.165) is 40.2 Å². The Labute approximate surface area is 162 Å². The van der Waals surface area contributed by atoms with E-state index in [1.165, 1.54) is 11.8 Å². The second-order valence-corrected chi connectivity index (χ2v) is 7.48. The molecule has 26 heavy (non-hydrogen) atoms. The van der Waals surface area contributed by atoms with Gasteiger partial charge in [0.05, 0.1) is 11.4 Å². The number of rotatable bonds is 5. The topological polar surface area (TPSA) is 49.4 Å². The van der Waals surface area contributed by atoms with Crippen molar-refractivity contribution in [1.82, 2.24) is 0 Å². The molecule has 6 heteroatoms. The molecular weight excluding hydrogens is 368 g/mol. The summed E-state index contributed by atoms with van der Waals surface area (Å²) in [6.45, 7) is 4.05. The van der Waals surface area contributed by atoms with Crippen LogP contribution in [0.5, 0.6) is 0 Å². The standard InChI is InChI=1S/C20H21ClN2O2S/c1-3-13-9-10-15(21)14(4-2)20(13)22-18(24)11-23-16-7-5-6-8-17(16)26-12-19(23)25/h5-10H,3-4,11-12H2,1-2H3,(H,22,24). The first-order chi connectivity index (χ1) is 12.5. The molecule has 2 aromatic carbocycles. The summed E-state index contributed by atoms with van der Waals surface area (Å²) in [4.78, 5) is 27.7. The third-order valence-corrected chi connectivity index (χ3v) is 5.85. The van der Waals surface area contributed by atoms with Crippen molar-refractivity contribution in [2.75, 3.05) is 22.5 Å². The van der Waals surface area contributed by atoms with Crippen molar-refractivity contribution in [3.8, 4) is 0 Å². The maximum absolute atomic E-state index is 12.7. The van der Waals surface area contributed by atoms with E-state index in [4.69, 9.17) is 11.6 Å². The second kappa shape index (κ2) is 8.14. The van der Waals surface area contributed by atoms with Gasteiger partial charge in [-0.2, -0.15) is 0 Å². The Bertz CT molecular complexity index is 854. The Morgan fingerprint density at radius 2 is 1.96 bits per heavy atom. The van der Waals surface area contributed by atoms with E-state index in [0.29, 0.717) is 10.8 Å². The Kier molecular flexibility index (Phi) is 5.89. The highest BCUT2D eigenvalue weighted by molar-refractivity contribution is 8.00. The average Bonchev–Trinajstić information content (AvgIpc) is 2.64. The SMILES string of the molecule is CCc1ccc(Cl)c(CC)c1NC(=O)CN1C(=O)CSc2ccccc21. The molecule has 2 amide bonds. The fraction of sp³-hybridized carbons (Fsp3) is 0.300. The van der Waals surface area contributed by atoms with Crippen LogP contribution in [0.2, 0.25) is 5.02 Å². The fourth-order valence-electron chi connectivity index (χ4n) is 3.12. The number of carbonyl (C=O) groups is 2. The number of para-hydroxylation sites is 1. The predicted molar refractivity (Wildman–Crippen MR) is 108 cm³/mol. The van der Waals surface area contributed by atoms with E-state index in [1.54, 1.807) is 4.90 Å². The van der Waals surface area contributed by atoms with Gasteiger partial charge >= 0.3 is 0 Å². The number of anilines is 2. The van der Waals surface area contributed by atoms with Gasteiger partial charge in [-0.25, -0.2) is 0 Å². The molecule has 3 rings (SSSR count). The van der Waals surface area contributed by atoms with Gasteiger partial charge in [-0.3, -0.25) is 9.59 Å². The lowest BCUT2D eigenvalue weighted by Crippen LogP contribution is -2.41. The van der Waals surface area contributed by atoms with Crippen molar-refractivity contribution < 1.29 is 9.59 Å². The minimum absolute atomic E-state index is 0.00473. The number of hydrogen-bond acceptors (Lipinski definition) is 3. The van der Waals surface area contributed by atoms with Gasteiger partial charge in [0, 0.05) is 15.6 Å². The van der Waals surface area contributed by atoms with E-state index < -0.39 is 0 Å². The molecule has 0 saturated carbocycles. The number of nitrogens with one attached hydrogen (secondary N) is 1. The lowest BCUT2D eigenvalue weighted by atomic mass is 10.0. The van der Waals surface area contributed by atoms with Gasteiger partial charge in [-0.1, -0.05) is 43.6 Å². The first-order valence-corrected chi connectivity index (χ1v) is 10.0. The van der Waals surface area contributed by atoms with Crippen LogP contribution in [0.15, 0.2) is 41.3 Å². The molecule has 1 aliphatic rings. The molecule has 0 saturated heterocycles. The lowest BCUT2D eigenvalue weighted by Gasteiger charge is -2.28. The quantitative estimate of drug-likeness (QED) is 0.817. The molecule has 2 aromatic rings. The molecule has 1 heterocycles. The summed E-state index contributed by atoms with van der Waals surface area (Å²) in [6, 6.07) is 11.5. The Morgan fingerprint density at radius 3 is 2.69 bits per heavy atom. The third kappa shape index (κ3) is 3.74. The zero-order valence-electron chi connectivity index (χ0n) is 14.8. The fourth-order valence-corrected chi connectivity index (χ4v) is 4.34. The lowest BCUT2D eigenvalue weighted by molar-refractivity contribution is -0.120. The molecule has 0 unspecified atom stereocenters. The molecule has 0 atom stereocenters. The molecule has 136 valence electrons. The van der Waals surface area contributed by atoms with Crippen molar-refractivity contribution in [2.45, 2.75) is 31.6 Å². The van der Waals surface area contributed by atoms with Crippen molar-refractivity contribution in [3.63, 3.8) is 0 Å². The second-order valence-electron chi connectivity index (χ2n) is 6.05. The summed E-state index contributed by atoms with van der Waals surface area (Å²) in [6.07, 6.45) is 1.52. The first kappa shape index (κ1) is 18.8. The molecule has 0 aromatic heterocycles. The Hall–Kier alpha value is -1.98. The number of fused-ring (bicyclic) bond motifs is 1. The smallest absolute Gasteiger partial charge is 0.244 e. The largest absolute Gasteiger partial charge is 0.324 e. The summed E-state index contributed by atoms with van der Waals surface area (Å²) in [5.74, 6) is 0.0788. The molecule has 0 fully saturated rings. The van der Waals surface area contributed by atoms with Crippen LogP contribution in [0.1, 0.15) is 25.0 Å². The van der Waals surface area contributed by atoms with E-state index >= 15 is 0 Å². The minimum atomic E-state index is -0.216. The molecule has 0 aliphatic carbocycles. The van der Waals surface area contributed by atoms with Gasteiger partial charge in [-0.15, -0.1) is 11.8 Å². The van der Waals surface area contributed by atoms with Crippen LogP contribution in [0.25, 0.3) is 0 Å². The Balaban J connectivity index is 1.84. The average molecular weight is 389 g/mol. The van der Waals surface area contributed by atoms with Crippen molar-refractivity contribution >= 4 is 46.6 Å². The van der Waals surface area contributed by atoms with Crippen LogP contribution in [0, 0.1) is 0 Å². The van der Waals surface area contributed by atoms with E-state index in [1.807, 2.05) is 50.2 Å². The minimum Gasteiger partial charge on any atom is -0.324 e. The molecule has 1 aliphatic heterocycles. The van der Waals surface area contributed by atoms with Gasteiger partial charge in [-0.05, 0) is 42.2 Å². The highest BCUT2D eigenvalue weighted by Crippen LogP contribution is 2.35. The molecule has 1 N–H and O–H groups in total. The Morgan fingerprint density at radius 1 is 1.19 bits per heavy atom. The number of carbonyl (C=O) groups excluding carboxylic acids is 2. The van der Waals surface area contributed by atoms with Crippen LogP contribution in [-0.2, 0) is 22.4 Å². The highest BCUT2D eigenvalue weighted by atomic mass is 35.5. The molecule has 0 spiro atoms. The monoisotopic (exact) mass is 388 g/mol. The number of hydrogen-bond donors (Lipinski definition) is 1. The van der Waals surface area contributed by atoms with E-state index in [2.05, 4.69) is 5.32 Å². The number of benzene rings is 2. The van der Waals surface area contributed by atoms with Crippen LogP contribution in [0.4, 0.5) is 11.4 Å². The van der Waals surface area contributed by atoms with Crippen molar-refractivity contribution in [1.29, 1.82) is 0 Å². The number of amides is 2. The zero-order chi connectivity index (χ0) is 18.7. The van der Waals surface area contributed by atoms with Crippen molar-refractivity contribution in [2.24, 2.45) is 0 Å². The summed E-state index contributed by atoms with van der Waals surface area (Å²) in [7, 11) is 0. The summed E-state index contributed by atoms with van der Waals surface area (Å²) in [5, 5.41) is 3.65. The van der Waals surface area contributed by atoms with Crippen LogP contribution < -0.4 is 10.2 Å². The molecule has 0 bridgehead atoms. The number of aryl methyl sites for hydroxylation is 1. The van der Waals surface area contributed by atoms with Crippen LogP contribution in [0.3, 0.4) is 0 Å². The number of nitrogens with zero attached hydrogens (tertiary/aromatic N) is 1.